The van der Waals surface area contributed by atoms with Crippen LogP contribution < -0.4 is 10.1 Å². The van der Waals surface area contributed by atoms with Gasteiger partial charge < -0.3 is 10.1 Å². The Morgan fingerprint density at radius 2 is 2.00 bits per heavy atom. The number of benzene rings is 1. The normalized spacial score (nSPS) is 12.4. The molecule has 1 unspecified atom stereocenters. The number of hydrogen-bond donors (Lipinski definition) is 1. The van der Waals surface area contributed by atoms with E-state index in [1.54, 1.807) is 11.3 Å². The van der Waals surface area contributed by atoms with Gasteiger partial charge in [0.1, 0.15) is 5.75 Å². The molecular formula is C15H18ClNOS. The van der Waals surface area contributed by atoms with Crippen molar-refractivity contribution in [1.82, 2.24) is 5.32 Å². The number of nitrogens with one attached hydrogen (secondary N) is 1. The Morgan fingerprint density at radius 3 is 2.47 bits per heavy atom. The van der Waals surface area contributed by atoms with E-state index in [4.69, 9.17) is 16.3 Å². The van der Waals surface area contributed by atoms with Gasteiger partial charge in [-0.1, -0.05) is 23.7 Å². The zero-order chi connectivity index (χ0) is 13.8. The Hall–Kier alpha value is -1.03. The smallest absolute Gasteiger partial charge is 0.119 e. The number of halogens is 1. The van der Waals surface area contributed by atoms with Gasteiger partial charge in [0.15, 0.2) is 0 Å². The van der Waals surface area contributed by atoms with Crippen molar-refractivity contribution >= 4 is 22.9 Å². The van der Waals surface area contributed by atoms with E-state index in [0.29, 0.717) is 6.61 Å². The summed E-state index contributed by atoms with van der Waals surface area (Å²) in [5, 5.41) is 3.34. The third-order valence-corrected chi connectivity index (χ3v) is 4.59. The molecule has 0 bridgehead atoms. The summed E-state index contributed by atoms with van der Waals surface area (Å²) in [5.74, 6) is 0.904. The molecule has 1 heterocycles. The van der Waals surface area contributed by atoms with Crippen LogP contribution >= 0.6 is 22.9 Å². The van der Waals surface area contributed by atoms with E-state index in [2.05, 4.69) is 23.5 Å². The first kappa shape index (κ1) is 14.4. The molecule has 2 nitrogen and oxygen atoms in total. The van der Waals surface area contributed by atoms with Crippen molar-refractivity contribution in [1.29, 1.82) is 0 Å². The molecule has 19 heavy (non-hydrogen) atoms. The second kappa shape index (κ2) is 6.42. The quantitative estimate of drug-likeness (QED) is 0.882. The second-order valence-corrected chi connectivity index (χ2v) is 6.02. The third kappa shape index (κ3) is 3.30. The van der Waals surface area contributed by atoms with Crippen LogP contribution in [0.4, 0.5) is 0 Å². The molecule has 0 radical (unpaired) electrons. The van der Waals surface area contributed by atoms with Crippen molar-refractivity contribution in [3.63, 3.8) is 0 Å². The van der Waals surface area contributed by atoms with Crippen molar-refractivity contribution in [2.24, 2.45) is 0 Å². The Morgan fingerprint density at radius 1 is 1.32 bits per heavy atom. The molecule has 102 valence electrons. The lowest BCUT2D eigenvalue weighted by Gasteiger charge is -2.15. The summed E-state index contributed by atoms with van der Waals surface area (Å²) in [6, 6.07) is 10.5. The van der Waals surface area contributed by atoms with E-state index in [0.717, 1.165) is 15.6 Å². The largest absolute Gasteiger partial charge is 0.494 e. The maximum atomic E-state index is 6.16. The highest BCUT2D eigenvalue weighted by molar-refractivity contribution is 7.16. The highest BCUT2D eigenvalue weighted by Crippen LogP contribution is 2.34. The number of aryl methyl sites for hydroxylation is 1. The van der Waals surface area contributed by atoms with Gasteiger partial charge in [0, 0.05) is 4.88 Å². The van der Waals surface area contributed by atoms with Crippen LogP contribution in [0.5, 0.6) is 5.75 Å². The molecule has 1 aromatic heterocycles. The number of ether oxygens (including phenoxy) is 1. The summed E-state index contributed by atoms with van der Waals surface area (Å²) in [7, 11) is 1.96. The summed E-state index contributed by atoms with van der Waals surface area (Å²) in [4.78, 5) is 1.23. The van der Waals surface area contributed by atoms with Gasteiger partial charge in [-0.2, -0.15) is 0 Å². The predicted octanol–water partition coefficient (Wildman–Crippen LogP) is 4.42. The molecule has 0 spiro atoms. The van der Waals surface area contributed by atoms with Gasteiger partial charge in [-0.25, -0.2) is 0 Å². The predicted molar refractivity (Wildman–Crippen MR) is 82.6 cm³/mol. The average molecular weight is 296 g/mol. The first-order chi connectivity index (χ1) is 9.15. The summed E-state index contributed by atoms with van der Waals surface area (Å²) >= 11 is 7.78. The van der Waals surface area contributed by atoms with Crippen molar-refractivity contribution in [2.75, 3.05) is 13.7 Å². The van der Waals surface area contributed by atoms with E-state index in [1.807, 2.05) is 33.0 Å². The molecular weight excluding hydrogens is 278 g/mol. The summed E-state index contributed by atoms with van der Waals surface area (Å²) in [6.45, 7) is 4.71. The Balaban J connectivity index is 2.26. The number of hydrogen-bond acceptors (Lipinski definition) is 3. The monoisotopic (exact) mass is 295 g/mol. The van der Waals surface area contributed by atoms with Crippen LogP contribution in [0.15, 0.2) is 30.3 Å². The molecule has 4 heteroatoms. The zero-order valence-electron chi connectivity index (χ0n) is 11.4. The lowest BCUT2D eigenvalue weighted by atomic mass is 10.1. The summed E-state index contributed by atoms with van der Waals surface area (Å²) in [5.41, 5.74) is 2.34. The summed E-state index contributed by atoms with van der Waals surface area (Å²) < 4.78 is 6.33. The maximum Gasteiger partial charge on any atom is 0.119 e. The molecule has 0 aliphatic rings. The lowest BCUT2D eigenvalue weighted by Crippen LogP contribution is -2.16. The molecule has 0 saturated heterocycles. The Kier molecular flexibility index (Phi) is 4.86. The maximum absolute atomic E-state index is 6.16. The SMILES string of the molecule is CCOc1ccc(C(NC)c2cc(C)c(Cl)s2)cc1. The Bertz CT molecular complexity index is 516. The van der Waals surface area contributed by atoms with Gasteiger partial charge in [0.05, 0.1) is 17.0 Å². The van der Waals surface area contributed by atoms with Crippen LogP contribution in [0.1, 0.15) is 29.0 Å². The fourth-order valence-corrected chi connectivity index (χ4v) is 3.38. The molecule has 1 aromatic carbocycles. The second-order valence-electron chi connectivity index (χ2n) is 4.33. The van der Waals surface area contributed by atoms with E-state index >= 15 is 0 Å². The van der Waals surface area contributed by atoms with Crippen LogP contribution in [0.3, 0.4) is 0 Å². The van der Waals surface area contributed by atoms with Crippen molar-refractivity contribution in [3.05, 3.63) is 50.7 Å². The minimum atomic E-state index is 0.173. The van der Waals surface area contributed by atoms with E-state index in [1.165, 1.54) is 10.4 Å². The van der Waals surface area contributed by atoms with E-state index in [-0.39, 0.29) is 6.04 Å². The van der Waals surface area contributed by atoms with Gasteiger partial charge in [0.25, 0.3) is 0 Å². The van der Waals surface area contributed by atoms with E-state index < -0.39 is 0 Å². The summed E-state index contributed by atoms with van der Waals surface area (Å²) in [6.07, 6.45) is 0. The van der Waals surface area contributed by atoms with Gasteiger partial charge in [-0.05, 0) is 50.2 Å². The van der Waals surface area contributed by atoms with E-state index in [9.17, 15) is 0 Å². The minimum Gasteiger partial charge on any atom is -0.494 e. The van der Waals surface area contributed by atoms with Crippen molar-refractivity contribution < 1.29 is 4.74 Å². The number of thiophene rings is 1. The minimum absolute atomic E-state index is 0.173. The molecule has 1 atom stereocenters. The molecule has 0 amide bonds. The van der Waals surface area contributed by atoms with Gasteiger partial charge >= 0.3 is 0 Å². The van der Waals surface area contributed by atoms with Crippen molar-refractivity contribution in [3.8, 4) is 5.75 Å². The molecule has 2 aromatic rings. The molecule has 2 rings (SSSR count). The highest BCUT2D eigenvalue weighted by atomic mass is 35.5. The third-order valence-electron chi connectivity index (χ3n) is 2.97. The molecule has 0 fully saturated rings. The van der Waals surface area contributed by atoms with Gasteiger partial charge in [-0.3, -0.25) is 0 Å². The zero-order valence-corrected chi connectivity index (χ0v) is 12.9. The molecule has 0 saturated carbocycles. The fourth-order valence-electron chi connectivity index (χ4n) is 2.02. The van der Waals surface area contributed by atoms with Crippen molar-refractivity contribution in [2.45, 2.75) is 19.9 Å². The fraction of sp³-hybridized carbons (Fsp3) is 0.333. The molecule has 0 aliphatic carbocycles. The topological polar surface area (TPSA) is 21.3 Å². The van der Waals surface area contributed by atoms with Gasteiger partial charge in [0.2, 0.25) is 0 Å². The van der Waals surface area contributed by atoms with Crippen LogP contribution in [-0.2, 0) is 0 Å². The Labute approximate surface area is 123 Å². The highest BCUT2D eigenvalue weighted by Gasteiger charge is 2.15. The first-order valence-corrected chi connectivity index (χ1v) is 7.51. The number of rotatable bonds is 5. The van der Waals surface area contributed by atoms with Crippen LogP contribution in [-0.4, -0.2) is 13.7 Å². The van der Waals surface area contributed by atoms with Crippen LogP contribution in [0.25, 0.3) is 0 Å². The first-order valence-electron chi connectivity index (χ1n) is 6.31. The van der Waals surface area contributed by atoms with Gasteiger partial charge in [-0.15, -0.1) is 11.3 Å². The average Bonchev–Trinajstić information content (AvgIpc) is 2.73. The molecule has 0 aliphatic heterocycles. The lowest BCUT2D eigenvalue weighted by molar-refractivity contribution is 0.340. The molecule has 1 N–H and O–H groups in total. The van der Waals surface area contributed by atoms with Crippen LogP contribution in [0, 0.1) is 6.92 Å². The standard InChI is InChI=1S/C15H18ClNOS/c1-4-18-12-7-5-11(6-8-12)14(17-3)13-9-10(2)15(16)19-13/h5-9,14,17H,4H2,1-3H3. The van der Waals surface area contributed by atoms with Crippen LogP contribution in [0.2, 0.25) is 4.34 Å².